The summed E-state index contributed by atoms with van der Waals surface area (Å²) < 4.78 is 65.6. The highest BCUT2D eigenvalue weighted by molar-refractivity contribution is 14.0. The lowest BCUT2D eigenvalue weighted by atomic mass is 10.1. The number of hydrogen-bond donors (Lipinski definition) is 3. The average molecular weight is 570 g/mol. The Morgan fingerprint density at radius 3 is 2.31 bits per heavy atom. The first-order chi connectivity index (χ1) is 14.7. The van der Waals surface area contributed by atoms with Crippen LogP contribution < -0.4 is 16.0 Å². The summed E-state index contributed by atoms with van der Waals surface area (Å²) >= 11 is 0. The molecule has 0 radical (unpaired) electrons. The van der Waals surface area contributed by atoms with Crippen LogP contribution in [0.3, 0.4) is 0 Å². The molecule has 0 atom stereocenters. The number of halogens is 6. The van der Waals surface area contributed by atoms with Crippen molar-refractivity contribution in [1.82, 2.24) is 16.0 Å². The lowest BCUT2D eigenvalue weighted by Crippen LogP contribution is -2.41. The lowest BCUT2D eigenvalue weighted by Gasteiger charge is -2.14. The maximum Gasteiger partial charge on any atom is 0.416 e. The van der Waals surface area contributed by atoms with E-state index in [0.717, 1.165) is 12.1 Å². The maximum absolute atomic E-state index is 13.2. The molecule has 2 rings (SSSR count). The molecule has 1 amide bonds. The SMILES string of the molecule is CCNC(=NCc1ccc(F)cc1C(F)(F)F)NCCNC(=O)Cc1cccc(F)c1.I. The summed E-state index contributed by atoms with van der Waals surface area (Å²) in [4.78, 5) is 16.0. The van der Waals surface area contributed by atoms with Gasteiger partial charge in [0, 0.05) is 19.6 Å². The normalized spacial score (nSPS) is 11.5. The molecule has 0 saturated heterocycles. The number of rotatable bonds is 8. The standard InChI is InChI=1S/C21H23F5N4O.HI/c1-2-27-20(30-13-15-6-7-17(23)12-18(15)21(24,25)26)29-9-8-28-19(31)11-14-4-3-5-16(22)10-14;/h3-7,10,12H,2,8-9,11,13H2,1H3,(H,28,31)(H2,27,29,30);1H. The molecular weight excluding hydrogens is 546 g/mol. The Morgan fingerprint density at radius 2 is 1.66 bits per heavy atom. The minimum Gasteiger partial charge on any atom is -0.357 e. The van der Waals surface area contributed by atoms with Gasteiger partial charge in [-0.15, -0.1) is 24.0 Å². The monoisotopic (exact) mass is 570 g/mol. The summed E-state index contributed by atoms with van der Waals surface area (Å²) in [7, 11) is 0. The van der Waals surface area contributed by atoms with E-state index in [4.69, 9.17) is 0 Å². The highest BCUT2D eigenvalue weighted by Crippen LogP contribution is 2.32. The molecule has 0 aliphatic carbocycles. The summed E-state index contributed by atoms with van der Waals surface area (Å²) in [6, 6.07) is 8.17. The van der Waals surface area contributed by atoms with E-state index in [1.807, 2.05) is 0 Å². The molecule has 0 saturated carbocycles. The summed E-state index contributed by atoms with van der Waals surface area (Å²) in [5.74, 6) is -1.44. The van der Waals surface area contributed by atoms with E-state index in [1.165, 1.54) is 18.2 Å². The Morgan fingerprint density at radius 1 is 0.969 bits per heavy atom. The van der Waals surface area contributed by atoms with E-state index in [1.54, 1.807) is 13.0 Å². The fraction of sp³-hybridized carbons (Fsp3) is 0.333. The Bertz CT molecular complexity index is 921. The Labute approximate surface area is 199 Å². The van der Waals surface area contributed by atoms with Gasteiger partial charge in [0.05, 0.1) is 18.5 Å². The number of hydrogen-bond acceptors (Lipinski definition) is 2. The molecule has 0 bridgehead atoms. The summed E-state index contributed by atoms with van der Waals surface area (Å²) in [6.45, 7) is 2.43. The van der Waals surface area contributed by atoms with Crippen LogP contribution in [0.2, 0.25) is 0 Å². The van der Waals surface area contributed by atoms with Crippen molar-refractivity contribution in [3.63, 3.8) is 0 Å². The molecule has 3 N–H and O–H groups in total. The second-order valence-corrected chi connectivity index (χ2v) is 6.58. The molecule has 0 fully saturated rings. The second-order valence-electron chi connectivity index (χ2n) is 6.58. The third kappa shape index (κ3) is 9.37. The van der Waals surface area contributed by atoms with Crippen LogP contribution in [-0.4, -0.2) is 31.5 Å². The maximum atomic E-state index is 13.2. The molecule has 2 aromatic rings. The van der Waals surface area contributed by atoms with E-state index < -0.39 is 23.4 Å². The number of carbonyl (C=O) groups is 1. The van der Waals surface area contributed by atoms with Gasteiger partial charge in [0.1, 0.15) is 11.6 Å². The summed E-state index contributed by atoms with van der Waals surface area (Å²) in [5.41, 5.74) is -0.689. The number of nitrogens with zero attached hydrogens (tertiary/aromatic N) is 1. The highest BCUT2D eigenvalue weighted by atomic mass is 127. The first-order valence-corrected chi connectivity index (χ1v) is 9.58. The van der Waals surface area contributed by atoms with Crippen LogP contribution in [-0.2, 0) is 23.9 Å². The van der Waals surface area contributed by atoms with Gasteiger partial charge in [-0.25, -0.2) is 13.8 Å². The Hall–Kier alpha value is -2.44. The number of alkyl halides is 3. The van der Waals surface area contributed by atoms with E-state index in [0.29, 0.717) is 18.2 Å². The van der Waals surface area contributed by atoms with Crippen molar-refractivity contribution in [2.75, 3.05) is 19.6 Å². The van der Waals surface area contributed by atoms with Gasteiger partial charge in [0.15, 0.2) is 5.96 Å². The molecule has 11 heteroatoms. The van der Waals surface area contributed by atoms with Gasteiger partial charge in [0.2, 0.25) is 5.91 Å². The quantitative estimate of drug-likeness (QED) is 0.148. The number of benzene rings is 2. The van der Waals surface area contributed by atoms with Crippen LogP contribution in [0.25, 0.3) is 0 Å². The van der Waals surface area contributed by atoms with Crippen molar-refractivity contribution in [2.24, 2.45) is 4.99 Å². The van der Waals surface area contributed by atoms with Gasteiger partial charge < -0.3 is 16.0 Å². The minimum atomic E-state index is -4.69. The fourth-order valence-electron chi connectivity index (χ4n) is 2.73. The summed E-state index contributed by atoms with van der Waals surface area (Å²) in [5, 5.41) is 8.44. The molecule has 0 heterocycles. The number of nitrogens with one attached hydrogen (secondary N) is 3. The first-order valence-electron chi connectivity index (χ1n) is 9.58. The minimum absolute atomic E-state index is 0. The molecule has 176 valence electrons. The van der Waals surface area contributed by atoms with E-state index in [9.17, 15) is 26.7 Å². The molecule has 0 unspecified atom stereocenters. The van der Waals surface area contributed by atoms with Crippen molar-refractivity contribution in [1.29, 1.82) is 0 Å². The van der Waals surface area contributed by atoms with Crippen molar-refractivity contribution in [2.45, 2.75) is 26.1 Å². The number of amides is 1. The number of aliphatic imine (C=N–C) groups is 1. The third-order valence-corrected chi connectivity index (χ3v) is 4.12. The van der Waals surface area contributed by atoms with Crippen molar-refractivity contribution >= 4 is 35.8 Å². The Balaban J connectivity index is 0.00000512. The van der Waals surface area contributed by atoms with Crippen molar-refractivity contribution < 1.29 is 26.7 Å². The van der Waals surface area contributed by atoms with Gasteiger partial charge in [-0.2, -0.15) is 13.2 Å². The van der Waals surface area contributed by atoms with Gasteiger partial charge >= 0.3 is 6.18 Å². The van der Waals surface area contributed by atoms with Crippen LogP contribution in [0, 0.1) is 11.6 Å². The molecule has 0 aliphatic rings. The molecular formula is C21H24F5IN4O. The van der Waals surface area contributed by atoms with Gasteiger partial charge in [-0.05, 0) is 42.3 Å². The highest BCUT2D eigenvalue weighted by Gasteiger charge is 2.33. The number of carbonyl (C=O) groups excluding carboxylic acids is 1. The molecule has 0 aliphatic heterocycles. The van der Waals surface area contributed by atoms with Crippen LogP contribution in [0.4, 0.5) is 22.0 Å². The van der Waals surface area contributed by atoms with Crippen LogP contribution in [0.15, 0.2) is 47.5 Å². The predicted octanol–water partition coefficient (Wildman–Crippen LogP) is 4.02. The third-order valence-electron chi connectivity index (χ3n) is 4.12. The zero-order valence-corrected chi connectivity index (χ0v) is 19.6. The summed E-state index contributed by atoms with van der Waals surface area (Å²) in [6.07, 6.45) is -4.67. The molecule has 0 spiro atoms. The lowest BCUT2D eigenvalue weighted by molar-refractivity contribution is -0.138. The molecule has 32 heavy (non-hydrogen) atoms. The fourth-order valence-corrected chi connectivity index (χ4v) is 2.73. The van der Waals surface area contributed by atoms with Crippen molar-refractivity contribution in [3.05, 3.63) is 70.8 Å². The average Bonchev–Trinajstić information content (AvgIpc) is 2.69. The molecule has 0 aromatic heterocycles. The Kier molecular flexibility index (Phi) is 11.4. The molecule has 2 aromatic carbocycles. The predicted molar refractivity (Wildman–Crippen MR) is 123 cm³/mol. The smallest absolute Gasteiger partial charge is 0.357 e. The zero-order chi connectivity index (χ0) is 22.9. The topological polar surface area (TPSA) is 65.5 Å². The largest absolute Gasteiger partial charge is 0.416 e. The van der Waals surface area contributed by atoms with Crippen LogP contribution in [0.5, 0.6) is 0 Å². The number of guanidine groups is 1. The van der Waals surface area contributed by atoms with Crippen molar-refractivity contribution in [3.8, 4) is 0 Å². The van der Waals surface area contributed by atoms with E-state index in [2.05, 4.69) is 20.9 Å². The van der Waals surface area contributed by atoms with E-state index in [-0.39, 0.29) is 67.5 Å². The molecule has 5 nitrogen and oxygen atoms in total. The first kappa shape index (κ1) is 27.6. The van der Waals surface area contributed by atoms with Crippen LogP contribution >= 0.6 is 24.0 Å². The van der Waals surface area contributed by atoms with Gasteiger partial charge in [-0.3, -0.25) is 4.79 Å². The van der Waals surface area contributed by atoms with E-state index >= 15 is 0 Å². The second kappa shape index (κ2) is 13.2. The zero-order valence-electron chi connectivity index (χ0n) is 17.2. The van der Waals surface area contributed by atoms with Crippen LogP contribution in [0.1, 0.15) is 23.6 Å². The van der Waals surface area contributed by atoms with Gasteiger partial charge in [0.25, 0.3) is 0 Å². The van der Waals surface area contributed by atoms with Gasteiger partial charge in [-0.1, -0.05) is 18.2 Å².